The molecule has 2 rings (SSSR count). The Morgan fingerprint density at radius 1 is 1.26 bits per heavy atom. The number of nitrogens with one attached hydrogen (secondary N) is 1. The average molecular weight is 335 g/mol. The minimum absolute atomic E-state index is 0.109. The molecule has 0 bridgehead atoms. The molecule has 120 valence electrons. The van der Waals surface area contributed by atoms with Crippen LogP contribution in [0.25, 0.3) is 0 Å². The molecule has 2 aromatic rings. The zero-order valence-corrected chi connectivity index (χ0v) is 13.1. The summed E-state index contributed by atoms with van der Waals surface area (Å²) in [6.45, 7) is 1.35. The van der Waals surface area contributed by atoms with Crippen molar-refractivity contribution < 1.29 is 19.4 Å². The van der Waals surface area contributed by atoms with E-state index in [0.717, 1.165) is 0 Å². The number of nitrogens with zero attached hydrogens (tertiary/aromatic N) is 1. The van der Waals surface area contributed by atoms with Gasteiger partial charge in [-0.25, -0.2) is 9.78 Å². The zero-order chi connectivity index (χ0) is 16.8. The molecule has 0 unspecified atom stereocenters. The number of amides is 1. The lowest BCUT2D eigenvalue weighted by Crippen LogP contribution is -2.30. The summed E-state index contributed by atoms with van der Waals surface area (Å²) < 4.78 is 5.10. The first-order valence-electron chi connectivity index (χ1n) is 6.83. The van der Waals surface area contributed by atoms with Gasteiger partial charge in [0.05, 0.1) is 17.2 Å². The number of halogens is 1. The van der Waals surface area contributed by atoms with Crippen molar-refractivity contribution in [3.8, 4) is 0 Å². The fourth-order valence-corrected chi connectivity index (χ4v) is 1.82. The molecule has 0 saturated carbocycles. The Morgan fingerprint density at radius 3 is 2.52 bits per heavy atom. The van der Waals surface area contributed by atoms with Crippen molar-refractivity contribution in [3.63, 3.8) is 0 Å². The Morgan fingerprint density at radius 2 is 1.96 bits per heavy atom. The number of carbonyl (C=O) groups is 2. The highest BCUT2D eigenvalue weighted by Crippen LogP contribution is 2.11. The number of pyridine rings is 1. The maximum absolute atomic E-state index is 12.0. The van der Waals surface area contributed by atoms with Gasteiger partial charge in [-0.05, 0) is 36.8 Å². The third kappa shape index (κ3) is 4.77. The molecule has 0 radical (unpaired) electrons. The van der Waals surface area contributed by atoms with Crippen LogP contribution in [0, 0.1) is 0 Å². The van der Waals surface area contributed by atoms with Crippen LogP contribution in [0.1, 0.15) is 22.8 Å². The van der Waals surface area contributed by atoms with Crippen LogP contribution in [-0.2, 0) is 16.1 Å². The highest BCUT2D eigenvalue weighted by Gasteiger charge is 2.19. The van der Waals surface area contributed by atoms with Crippen LogP contribution in [-0.4, -0.2) is 28.1 Å². The number of carbonyl (C=O) groups excluding carboxylic acids is 2. The third-order valence-electron chi connectivity index (χ3n) is 3.00. The Kier molecular flexibility index (Phi) is 5.67. The fraction of sp³-hybridized carbons (Fsp3) is 0.188. The molecule has 1 heterocycles. The number of aliphatic hydroxyl groups is 1. The SMILES string of the molecule is C[C@@H](OC(=O)c1ccc(CO)cc1)C(=O)Nc1ccc(Cl)cn1. The largest absolute Gasteiger partial charge is 0.449 e. The second-order valence-electron chi connectivity index (χ2n) is 4.75. The second kappa shape index (κ2) is 7.71. The van der Waals surface area contributed by atoms with Gasteiger partial charge in [-0.2, -0.15) is 0 Å². The van der Waals surface area contributed by atoms with E-state index < -0.39 is 18.0 Å². The number of aromatic nitrogens is 1. The minimum Gasteiger partial charge on any atom is -0.449 e. The summed E-state index contributed by atoms with van der Waals surface area (Å²) in [5.74, 6) is -0.809. The number of rotatable bonds is 5. The fourth-order valence-electron chi connectivity index (χ4n) is 1.71. The van der Waals surface area contributed by atoms with Crippen molar-refractivity contribution >= 4 is 29.3 Å². The van der Waals surface area contributed by atoms with Gasteiger partial charge < -0.3 is 15.2 Å². The van der Waals surface area contributed by atoms with Crippen molar-refractivity contribution in [2.75, 3.05) is 5.32 Å². The van der Waals surface area contributed by atoms with Gasteiger partial charge in [-0.3, -0.25) is 4.79 Å². The molecule has 1 amide bonds. The molecule has 1 aromatic carbocycles. The maximum atomic E-state index is 12.0. The van der Waals surface area contributed by atoms with Crippen LogP contribution in [0.3, 0.4) is 0 Å². The lowest BCUT2D eigenvalue weighted by Gasteiger charge is -2.13. The van der Waals surface area contributed by atoms with Gasteiger partial charge in [0, 0.05) is 6.20 Å². The molecule has 1 aromatic heterocycles. The Hall–Kier alpha value is -2.44. The molecule has 0 fully saturated rings. The molecule has 0 aliphatic carbocycles. The smallest absolute Gasteiger partial charge is 0.338 e. The molecule has 1 atom stereocenters. The van der Waals surface area contributed by atoms with E-state index in [1.54, 1.807) is 24.3 Å². The molecular formula is C16H15ClN2O4. The van der Waals surface area contributed by atoms with E-state index in [4.69, 9.17) is 21.4 Å². The number of anilines is 1. The predicted molar refractivity (Wildman–Crippen MR) is 85.1 cm³/mol. The van der Waals surface area contributed by atoms with E-state index in [2.05, 4.69) is 10.3 Å². The number of hydrogen-bond donors (Lipinski definition) is 2. The highest BCUT2D eigenvalue weighted by molar-refractivity contribution is 6.30. The van der Waals surface area contributed by atoms with Crippen molar-refractivity contribution in [3.05, 3.63) is 58.7 Å². The summed E-state index contributed by atoms with van der Waals surface area (Å²) >= 11 is 5.71. The number of esters is 1. The van der Waals surface area contributed by atoms with E-state index in [1.165, 1.54) is 25.3 Å². The molecule has 7 heteroatoms. The molecule has 23 heavy (non-hydrogen) atoms. The van der Waals surface area contributed by atoms with Crippen molar-refractivity contribution in [2.24, 2.45) is 0 Å². The molecular weight excluding hydrogens is 320 g/mol. The lowest BCUT2D eigenvalue weighted by atomic mass is 10.1. The van der Waals surface area contributed by atoms with Gasteiger partial charge >= 0.3 is 5.97 Å². The van der Waals surface area contributed by atoms with Crippen LogP contribution in [0.15, 0.2) is 42.6 Å². The normalized spacial score (nSPS) is 11.6. The lowest BCUT2D eigenvalue weighted by molar-refractivity contribution is -0.123. The minimum atomic E-state index is -0.988. The summed E-state index contributed by atoms with van der Waals surface area (Å²) in [5, 5.41) is 11.9. The Balaban J connectivity index is 1.94. The van der Waals surface area contributed by atoms with E-state index in [-0.39, 0.29) is 6.61 Å². The van der Waals surface area contributed by atoms with E-state index in [9.17, 15) is 9.59 Å². The van der Waals surface area contributed by atoms with Gasteiger partial charge in [-0.15, -0.1) is 0 Å². The second-order valence-corrected chi connectivity index (χ2v) is 5.19. The topological polar surface area (TPSA) is 88.5 Å². The molecule has 0 aliphatic rings. The van der Waals surface area contributed by atoms with Gasteiger partial charge in [-0.1, -0.05) is 23.7 Å². The quantitative estimate of drug-likeness (QED) is 0.820. The first-order chi connectivity index (χ1) is 11.0. The maximum Gasteiger partial charge on any atom is 0.338 e. The molecule has 2 N–H and O–H groups in total. The number of aliphatic hydroxyl groups excluding tert-OH is 1. The van der Waals surface area contributed by atoms with Crippen LogP contribution >= 0.6 is 11.6 Å². The summed E-state index contributed by atoms with van der Waals surface area (Å²) in [6, 6.07) is 9.41. The van der Waals surface area contributed by atoms with Crippen molar-refractivity contribution in [1.29, 1.82) is 0 Å². The highest BCUT2D eigenvalue weighted by atomic mass is 35.5. The zero-order valence-electron chi connectivity index (χ0n) is 12.3. The van der Waals surface area contributed by atoms with Gasteiger partial charge in [0.25, 0.3) is 5.91 Å². The molecule has 6 nitrogen and oxygen atoms in total. The number of benzene rings is 1. The first kappa shape index (κ1) is 16.9. The van der Waals surface area contributed by atoms with Crippen molar-refractivity contribution in [2.45, 2.75) is 19.6 Å². The van der Waals surface area contributed by atoms with Crippen LogP contribution < -0.4 is 5.32 Å². The Labute approximate surface area is 138 Å². The molecule has 0 spiro atoms. The van der Waals surface area contributed by atoms with Crippen LogP contribution in [0.2, 0.25) is 5.02 Å². The Bertz CT molecular complexity index is 686. The van der Waals surface area contributed by atoms with E-state index >= 15 is 0 Å². The number of ether oxygens (including phenoxy) is 1. The van der Waals surface area contributed by atoms with Crippen LogP contribution in [0.5, 0.6) is 0 Å². The summed E-state index contributed by atoms with van der Waals surface area (Å²) in [6.07, 6.45) is 0.411. The van der Waals surface area contributed by atoms with Gasteiger partial charge in [0.15, 0.2) is 6.10 Å². The van der Waals surface area contributed by atoms with Crippen LogP contribution in [0.4, 0.5) is 5.82 Å². The first-order valence-corrected chi connectivity index (χ1v) is 7.20. The third-order valence-corrected chi connectivity index (χ3v) is 3.23. The summed E-state index contributed by atoms with van der Waals surface area (Å²) in [7, 11) is 0. The standard InChI is InChI=1S/C16H15ClN2O4/c1-10(15(21)19-14-7-6-13(17)8-18-14)23-16(22)12-4-2-11(9-20)3-5-12/h2-8,10,20H,9H2,1H3,(H,18,19,21)/t10-/m1/s1. The molecule has 0 aliphatic heterocycles. The van der Waals surface area contributed by atoms with E-state index in [1.807, 2.05) is 0 Å². The van der Waals surface area contributed by atoms with Gasteiger partial charge in [0.2, 0.25) is 0 Å². The molecule has 0 saturated heterocycles. The predicted octanol–water partition coefficient (Wildman–Crippen LogP) is 2.41. The summed E-state index contributed by atoms with van der Waals surface area (Å²) in [5.41, 5.74) is 0.979. The van der Waals surface area contributed by atoms with Crippen molar-refractivity contribution in [1.82, 2.24) is 4.98 Å². The summed E-state index contributed by atoms with van der Waals surface area (Å²) in [4.78, 5) is 27.9. The monoisotopic (exact) mass is 334 g/mol. The number of hydrogen-bond acceptors (Lipinski definition) is 5. The average Bonchev–Trinajstić information content (AvgIpc) is 2.56. The van der Waals surface area contributed by atoms with Gasteiger partial charge in [0.1, 0.15) is 5.82 Å². The van der Waals surface area contributed by atoms with E-state index in [0.29, 0.717) is 22.0 Å².